The van der Waals surface area contributed by atoms with Crippen LogP contribution >= 0.6 is 11.8 Å². The van der Waals surface area contributed by atoms with Gasteiger partial charge in [-0.25, -0.2) is 4.99 Å². The monoisotopic (exact) mass is 495 g/mol. The predicted molar refractivity (Wildman–Crippen MR) is 159 cm³/mol. The topological polar surface area (TPSA) is 28.0 Å². The molecule has 3 aliphatic rings. The van der Waals surface area contributed by atoms with Crippen LogP contribution < -0.4 is 0 Å². The highest BCUT2D eigenvalue weighted by molar-refractivity contribution is 7.98. The molecule has 0 aromatic heterocycles. The van der Waals surface area contributed by atoms with Crippen molar-refractivity contribution in [2.24, 2.45) is 21.8 Å². The number of rotatable bonds is 8. The summed E-state index contributed by atoms with van der Waals surface area (Å²) in [5.74, 6) is 6.50. The highest BCUT2D eigenvalue weighted by Crippen LogP contribution is 2.31. The number of aliphatic imine (C=N–C) groups is 2. The summed E-state index contributed by atoms with van der Waals surface area (Å²) in [4.78, 5) is 11.0. The lowest BCUT2D eigenvalue weighted by atomic mass is 9.80. The van der Waals surface area contributed by atoms with E-state index in [-0.39, 0.29) is 13.5 Å². The van der Waals surface area contributed by atoms with Gasteiger partial charge >= 0.3 is 0 Å². The van der Waals surface area contributed by atoms with E-state index >= 15 is 0 Å². The third-order valence-electron chi connectivity index (χ3n) is 7.07. The van der Waals surface area contributed by atoms with Gasteiger partial charge < -0.3 is 4.90 Å². The van der Waals surface area contributed by atoms with Gasteiger partial charge in [-0.15, -0.1) is 0 Å². The summed E-state index contributed by atoms with van der Waals surface area (Å²) in [6.45, 7) is 4.37. The van der Waals surface area contributed by atoms with E-state index < -0.39 is 0 Å². The van der Waals surface area contributed by atoms with E-state index in [2.05, 4.69) is 82.1 Å². The van der Waals surface area contributed by atoms with Crippen LogP contribution in [0.2, 0.25) is 0 Å². The molecule has 1 saturated carbocycles. The van der Waals surface area contributed by atoms with Gasteiger partial charge in [-0.1, -0.05) is 108 Å². The third kappa shape index (κ3) is 10.4. The average Bonchev–Trinajstić information content (AvgIpc) is 2.85. The van der Waals surface area contributed by atoms with Gasteiger partial charge in [0.2, 0.25) is 0 Å². The van der Waals surface area contributed by atoms with E-state index in [0.29, 0.717) is 0 Å². The molecule has 4 heteroatoms. The summed E-state index contributed by atoms with van der Waals surface area (Å²) < 4.78 is 0. The molecule has 0 spiro atoms. The molecule has 0 bridgehead atoms. The molecule has 3 nitrogen and oxygen atoms in total. The predicted octanol–water partition coefficient (Wildman–Crippen LogP) is 8.58. The number of allylic oxidation sites excluding steroid dienone is 2. The molecule has 1 atom stereocenters. The molecule has 0 amide bonds. The lowest BCUT2D eigenvalue weighted by Gasteiger charge is -2.27. The average molecular weight is 496 g/mol. The van der Waals surface area contributed by atoms with E-state index in [1.54, 1.807) is 0 Å². The Hall–Kier alpha value is -1.81. The lowest BCUT2D eigenvalue weighted by Crippen LogP contribution is -2.33. The second kappa shape index (κ2) is 16.0. The minimum atomic E-state index is 0. The Morgan fingerprint density at radius 1 is 1.00 bits per heavy atom. The van der Waals surface area contributed by atoms with Crippen LogP contribution in [0, 0.1) is 11.8 Å². The van der Waals surface area contributed by atoms with Crippen LogP contribution in [0.4, 0.5) is 0 Å². The van der Waals surface area contributed by atoms with Crippen LogP contribution in [0.25, 0.3) is 0 Å². The van der Waals surface area contributed by atoms with Gasteiger partial charge in [-0.2, -0.15) is 11.8 Å². The maximum absolute atomic E-state index is 4.52. The second-order valence-corrected chi connectivity index (χ2v) is 11.4. The molecule has 1 aliphatic heterocycles. The minimum absolute atomic E-state index is 0. The number of fused-ring (bicyclic) bond motifs is 1. The lowest BCUT2D eigenvalue weighted by molar-refractivity contribution is 0.272. The van der Waals surface area contributed by atoms with Gasteiger partial charge in [0.15, 0.2) is 0 Å². The quantitative estimate of drug-likeness (QED) is 0.338. The summed E-state index contributed by atoms with van der Waals surface area (Å²) in [7, 11) is 4.04. The number of likely N-dealkylation sites (N-methyl/N-ethyl adjacent to an activating group) is 1. The summed E-state index contributed by atoms with van der Waals surface area (Å²) in [5.41, 5.74) is 2.71. The fourth-order valence-electron chi connectivity index (χ4n) is 4.99. The van der Waals surface area contributed by atoms with Crippen molar-refractivity contribution in [2.75, 3.05) is 19.8 Å². The smallest absolute Gasteiger partial charge is 0.135 e. The van der Waals surface area contributed by atoms with E-state index in [4.69, 9.17) is 0 Å². The van der Waals surface area contributed by atoms with Crippen LogP contribution in [-0.4, -0.2) is 42.5 Å². The fraction of sp³-hybridized carbons (Fsp3) is 0.613. The van der Waals surface area contributed by atoms with Crippen molar-refractivity contribution in [3.63, 3.8) is 0 Å². The zero-order valence-corrected chi connectivity index (χ0v) is 22.7. The molecule has 0 radical (unpaired) electrons. The first-order valence-corrected chi connectivity index (χ1v) is 14.5. The Morgan fingerprint density at radius 2 is 1.74 bits per heavy atom. The number of hydrogen-bond donors (Lipinski definition) is 0. The number of amidine groups is 2. The van der Waals surface area contributed by atoms with Gasteiger partial charge in [-0.3, -0.25) is 4.99 Å². The van der Waals surface area contributed by atoms with Crippen molar-refractivity contribution in [3.8, 4) is 0 Å². The zero-order valence-electron chi connectivity index (χ0n) is 21.9. The summed E-state index contributed by atoms with van der Waals surface area (Å²) in [5, 5.41) is 0. The van der Waals surface area contributed by atoms with Crippen LogP contribution in [0.1, 0.15) is 84.6 Å². The van der Waals surface area contributed by atoms with Crippen LogP contribution in [0.15, 0.2) is 64.1 Å². The van der Waals surface area contributed by atoms with Crippen molar-refractivity contribution >= 4 is 23.4 Å². The number of unbranched alkanes of at least 4 members (excludes halogenated alkanes) is 2. The van der Waals surface area contributed by atoms with Crippen LogP contribution in [0.3, 0.4) is 0 Å². The maximum atomic E-state index is 4.52. The van der Waals surface area contributed by atoms with Crippen LogP contribution in [-0.2, 0) is 5.75 Å². The first-order valence-electron chi connectivity index (χ1n) is 13.3. The third-order valence-corrected chi connectivity index (χ3v) is 8.19. The maximum Gasteiger partial charge on any atom is 0.135 e. The van der Waals surface area contributed by atoms with Gasteiger partial charge in [0, 0.05) is 25.4 Å². The molecule has 194 valence electrons. The molecule has 1 aromatic rings. The molecule has 1 heterocycles. The second-order valence-electron chi connectivity index (χ2n) is 10.3. The summed E-state index contributed by atoms with van der Waals surface area (Å²) in [6, 6.07) is 11.1. The zero-order chi connectivity index (χ0) is 24.2. The highest BCUT2D eigenvalue weighted by Gasteiger charge is 2.24. The standard InChI is InChI=1S/C19H30S.C11H15N3.CH4/c1-17-11-13-18(14-12-17)8-6-3-7-15-20-16-19-9-4-2-5-10-19;1-8-12-10-7-5-4-6-9(10)11(13-8)14(2)3;/h2,4-5,9-10,17-18H,3,6-8,11-16H2,1H3;4-6,10H,7H2,1-3H3;1H4. The molecule has 4 rings (SSSR count). The van der Waals surface area contributed by atoms with Crippen molar-refractivity contribution in [1.29, 1.82) is 0 Å². The molecule has 0 saturated heterocycles. The highest BCUT2D eigenvalue weighted by atomic mass is 32.2. The molecule has 0 N–H and O–H groups in total. The summed E-state index contributed by atoms with van der Waals surface area (Å²) in [6.07, 6.45) is 19.1. The molecular formula is C31H49N3S. The Kier molecular flexibility index (Phi) is 13.5. The van der Waals surface area contributed by atoms with E-state index in [0.717, 1.165) is 29.9 Å². The molecule has 1 unspecified atom stereocenters. The van der Waals surface area contributed by atoms with Gasteiger partial charge in [0.05, 0.1) is 6.04 Å². The van der Waals surface area contributed by atoms with Crippen LogP contribution in [0.5, 0.6) is 0 Å². The SMILES string of the molecule is C.CC1=NC2CC=CC=C2C(N(C)C)=N1.CC1CCC(CCCCCSCc2ccccc2)CC1. The Balaban J connectivity index is 0.000000254. The van der Waals surface area contributed by atoms with Crippen molar-refractivity contribution in [2.45, 2.75) is 90.9 Å². The Morgan fingerprint density at radius 3 is 2.46 bits per heavy atom. The van der Waals surface area contributed by atoms with Gasteiger partial charge in [-0.05, 0) is 42.9 Å². The number of benzene rings is 1. The fourth-order valence-corrected chi connectivity index (χ4v) is 5.97. The van der Waals surface area contributed by atoms with Crippen molar-refractivity contribution in [3.05, 3.63) is 59.7 Å². The van der Waals surface area contributed by atoms with E-state index in [9.17, 15) is 0 Å². The normalized spacial score (nSPS) is 23.0. The van der Waals surface area contributed by atoms with E-state index in [1.165, 1.54) is 74.0 Å². The Labute approximate surface area is 220 Å². The number of hydrogen-bond acceptors (Lipinski definition) is 4. The largest absolute Gasteiger partial charge is 0.362 e. The van der Waals surface area contributed by atoms with Crippen molar-refractivity contribution < 1.29 is 0 Å². The van der Waals surface area contributed by atoms with Gasteiger partial charge in [0.25, 0.3) is 0 Å². The first-order chi connectivity index (χ1) is 16.5. The van der Waals surface area contributed by atoms with Gasteiger partial charge in [0.1, 0.15) is 11.7 Å². The minimum Gasteiger partial charge on any atom is -0.362 e. The van der Waals surface area contributed by atoms with E-state index in [1.807, 2.05) is 21.0 Å². The molecule has 1 aromatic carbocycles. The summed E-state index contributed by atoms with van der Waals surface area (Å²) >= 11 is 2.09. The van der Waals surface area contributed by atoms with Crippen molar-refractivity contribution in [1.82, 2.24) is 4.90 Å². The number of nitrogens with zero attached hydrogens (tertiary/aromatic N) is 3. The first kappa shape index (κ1) is 29.4. The Bertz CT molecular complexity index is 845. The number of thioether (sulfide) groups is 1. The molecular weight excluding hydrogens is 446 g/mol. The molecule has 35 heavy (non-hydrogen) atoms. The molecule has 1 fully saturated rings. The molecule has 2 aliphatic carbocycles.